The van der Waals surface area contributed by atoms with E-state index in [0.29, 0.717) is 16.5 Å². The van der Waals surface area contributed by atoms with Crippen LogP contribution in [0, 0.1) is 19.7 Å². The number of carbonyl (C=O) groups excluding carboxylic acids is 2. The van der Waals surface area contributed by atoms with Crippen LogP contribution < -0.4 is 15.4 Å². The third kappa shape index (κ3) is 6.01. The van der Waals surface area contributed by atoms with Gasteiger partial charge in [-0.05, 0) is 38.1 Å². The number of halogens is 2. The van der Waals surface area contributed by atoms with Crippen LogP contribution in [0.3, 0.4) is 0 Å². The maximum atomic E-state index is 12.8. The topological polar surface area (TPSA) is 124 Å². The van der Waals surface area contributed by atoms with Crippen LogP contribution in [0.5, 0.6) is 5.75 Å². The number of hydrogen-bond acceptors (Lipinski definition) is 7. The summed E-state index contributed by atoms with van der Waals surface area (Å²) in [6.07, 6.45) is 0. The van der Waals surface area contributed by atoms with Gasteiger partial charge in [-0.15, -0.1) is 0 Å². The van der Waals surface area contributed by atoms with Gasteiger partial charge in [-0.25, -0.2) is 4.39 Å². The molecule has 10 nitrogen and oxygen atoms in total. The van der Waals surface area contributed by atoms with Gasteiger partial charge in [0.2, 0.25) is 0 Å². The summed E-state index contributed by atoms with van der Waals surface area (Å²) in [4.78, 5) is 27.9. The van der Waals surface area contributed by atoms with E-state index in [2.05, 4.69) is 25.9 Å². The molecule has 2 aromatic heterocycles. The third-order valence-electron chi connectivity index (χ3n) is 4.16. The Bertz CT molecular complexity index is 1070. The van der Waals surface area contributed by atoms with Crippen molar-refractivity contribution in [1.29, 1.82) is 0 Å². The molecule has 0 unspecified atom stereocenters. The predicted octanol–water partition coefficient (Wildman–Crippen LogP) is 1.65. The summed E-state index contributed by atoms with van der Waals surface area (Å²) in [7, 11) is 0. The highest BCUT2D eigenvalue weighted by atomic mass is 35.5. The largest absolute Gasteiger partial charge is 0.484 e. The van der Waals surface area contributed by atoms with Crippen molar-refractivity contribution >= 4 is 23.4 Å². The normalized spacial score (nSPS) is 10.7. The average Bonchev–Trinajstić information content (AvgIpc) is 3.31. The van der Waals surface area contributed by atoms with Gasteiger partial charge in [0.05, 0.1) is 16.4 Å². The van der Waals surface area contributed by atoms with Gasteiger partial charge >= 0.3 is 11.8 Å². The third-order valence-corrected chi connectivity index (χ3v) is 4.71. The summed E-state index contributed by atoms with van der Waals surface area (Å²) in [5.41, 5.74) is 1.44. The molecular weight excluding hydrogens is 431 g/mol. The van der Waals surface area contributed by atoms with E-state index in [-0.39, 0.29) is 43.9 Å². The van der Waals surface area contributed by atoms with Crippen molar-refractivity contribution in [3.63, 3.8) is 0 Å². The molecule has 0 fully saturated rings. The van der Waals surface area contributed by atoms with Gasteiger partial charge in [0, 0.05) is 13.1 Å². The molecule has 0 saturated heterocycles. The van der Waals surface area contributed by atoms with E-state index in [4.69, 9.17) is 20.9 Å². The van der Waals surface area contributed by atoms with Gasteiger partial charge in [-0.1, -0.05) is 16.8 Å². The lowest BCUT2D eigenvalue weighted by Crippen LogP contribution is -2.36. The zero-order valence-corrected chi connectivity index (χ0v) is 17.6. The fourth-order valence-corrected chi connectivity index (χ4v) is 2.69. The van der Waals surface area contributed by atoms with Crippen LogP contribution in [0.15, 0.2) is 28.8 Å². The van der Waals surface area contributed by atoms with Gasteiger partial charge in [0.1, 0.15) is 18.1 Å². The molecule has 0 atom stereocenters. The summed E-state index contributed by atoms with van der Waals surface area (Å²) in [6, 6.07) is 5.31. The fourth-order valence-electron chi connectivity index (χ4n) is 2.56. The molecule has 2 heterocycles. The molecule has 0 aliphatic heterocycles. The second-order valence-electron chi connectivity index (χ2n) is 6.51. The Morgan fingerprint density at radius 2 is 1.90 bits per heavy atom. The van der Waals surface area contributed by atoms with Gasteiger partial charge in [-0.2, -0.15) is 10.1 Å². The highest BCUT2D eigenvalue weighted by molar-refractivity contribution is 6.31. The van der Waals surface area contributed by atoms with Crippen LogP contribution in [-0.4, -0.2) is 51.4 Å². The standard InChI is InChI=1S/C19H20ClFN6O4/c1-11-17(20)12(2)27(25-11)9-15-24-19(31-26-15)18(29)23-8-7-22-16(28)10-30-14-5-3-13(21)4-6-14/h3-6H,7-10H2,1-2H3,(H,22,28)(H,23,29). The van der Waals surface area contributed by atoms with E-state index >= 15 is 0 Å². The molecule has 0 aliphatic carbocycles. The smallest absolute Gasteiger partial charge is 0.316 e. The molecule has 0 saturated carbocycles. The number of nitrogens with zero attached hydrogens (tertiary/aromatic N) is 4. The van der Waals surface area contributed by atoms with Gasteiger partial charge in [0.15, 0.2) is 12.4 Å². The van der Waals surface area contributed by atoms with Crippen molar-refractivity contribution in [2.45, 2.75) is 20.4 Å². The Hall–Kier alpha value is -3.47. The van der Waals surface area contributed by atoms with Gasteiger partial charge in [-0.3, -0.25) is 14.3 Å². The molecular formula is C19H20ClFN6O4. The Morgan fingerprint density at radius 1 is 1.19 bits per heavy atom. The van der Waals surface area contributed by atoms with E-state index in [1.165, 1.54) is 24.3 Å². The number of nitrogens with one attached hydrogen (secondary N) is 2. The lowest BCUT2D eigenvalue weighted by molar-refractivity contribution is -0.123. The highest BCUT2D eigenvalue weighted by Gasteiger charge is 2.17. The van der Waals surface area contributed by atoms with Crippen LogP contribution in [0.25, 0.3) is 0 Å². The molecule has 3 rings (SSSR count). The molecule has 3 aromatic rings. The van der Waals surface area contributed by atoms with Crippen LogP contribution in [0.2, 0.25) is 5.02 Å². The quantitative estimate of drug-likeness (QED) is 0.475. The minimum absolute atomic E-state index is 0.145. The second-order valence-corrected chi connectivity index (χ2v) is 6.88. The lowest BCUT2D eigenvalue weighted by Gasteiger charge is -2.07. The minimum atomic E-state index is -0.568. The van der Waals surface area contributed by atoms with Crippen LogP contribution in [0.4, 0.5) is 4.39 Å². The molecule has 0 radical (unpaired) electrons. The second kappa shape index (κ2) is 10.0. The zero-order chi connectivity index (χ0) is 22.4. The van der Waals surface area contributed by atoms with Crippen LogP contribution in [0.1, 0.15) is 27.9 Å². The van der Waals surface area contributed by atoms with Crippen molar-refractivity contribution in [1.82, 2.24) is 30.6 Å². The Morgan fingerprint density at radius 3 is 2.58 bits per heavy atom. The molecule has 31 heavy (non-hydrogen) atoms. The Balaban J connectivity index is 1.38. The maximum absolute atomic E-state index is 12.8. The average molecular weight is 451 g/mol. The number of hydrogen-bond donors (Lipinski definition) is 2. The van der Waals surface area contributed by atoms with Crippen molar-refractivity contribution in [3.05, 3.63) is 58.2 Å². The number of carbonyl (C=O) groups is 2. The number of rotatable bonds is 9. The van der Waals surface area contributed by atoms with Gasteiger partial charge in [0.25, 0.3) is 5.91 Å². The first-order valence-corrected chi connectivity index (χ1v) is 9.66. The van der Waals surface area contributed by atoms with E-state index in [1.54, 1.807) is 11.6 Å². The van der Waals surface area contributed by atoms with Crippen molar-refractivity contribution in [2.24, 2.45) is 0 Å². The number of ether oxygens (including phenoxy) is 1. The number of benzene rings is 1. The molecule has 0 spiro atoms. The summed E-state index contributed by atoms with van der Waals surface area (Å²) < 4.78 is 24.6. The maximum Gasteiger partial charge on any atom is 0.316 e. The van der Waals surface area contributed by atoms with Crippen LogP contribution in [-0.2, 0) is 11.3 Å². The first-order valence-electron chi connectivity index (χ1n) is 9.29. The molecule has 164 valence electrons. The molecule has 12 heteroatoms. The van der Waals surface area contributed by atoms with E-state index in [0.717, 1.165) is 5.69 Å². The van der Waals surface area contributed by atoms with Gasteiger partial charge < -0.3 is 19.9 Å². The first-order chi connectivity index (χ1) is 14.8. The summed E-state index contributed by atoms with van der Waals surface area (Å²) in [6.45, 7) is 3.89. The molecule has 2 amide bonds. The molecule has 1 aromatic carbocycles. The lowest BCUT2D eigenvalue weighted by atomic mass is 10.3. The Kier molecular flexibility index (Phi) is 7.19. The van der Waals surface area contributed by atoms with E-state index < -0.39 is 11.7 Å². The highest BCUT2D eigenvalue weighted by Crippen LogP contribution is 2.19. The first kappa shape index (κ1) is 22.2. The molecule has 2 N–H and O–H groups in total. The van der Waals surface area contributed by atoms with E-state index in [1.807, 2.05) is 6.92 Å². The van der Waals surface area contributed by atoms with E-state index in [9.17, 15) is 14.0 Å². The monoisotopic (exact) mass is 450 g/mol. The summed E-state index contributed by atoms with van der Waals surface area (Å²) in [5, 5.41) is 13.7. The van der Waals surface area contributed by atoms with Crippen LogP contribution >= 0.6 is 11.6 Å². The summed E-state index contributed by atoms with van der Waals surface area (Å²) >= 11 is 6.11. The minimum Gasteiger partial charge on any atom is -0.484 e. The summed E-state index contributed by atoms with van der Waals surface area (Å²) in [5.74, 6) is -0.895. The number of amides is 2. The molecule has 0 bridgehead atoms. The van der Waals surface area contributed by atoms with Crippen molar-refractivity contribution in [3.8, 4) is 5.75 Å². The molecule has 0 aliphatic rings. The van der Waals surface area contributed by atoms with Crippen molar-refractivity contribution in [2.75, 3.05) is 19.7 Å². The predicted molar refractivity (Wildman–Crippen MR) is 107 cm³/mol. The number of aromatic nitrogens is 4. The number of aryl methyl sites for hydroxylation is 1. The fraction of sp³-hybridized carbons (Fsp3) is 0.316. The zero-order valence-electron chi connectivity index (χ0n) is 16.8. The van der Waals surface area contributed by atoms with Crippen molar-refractivity contribution < 1.29 is 23.2 Å². The SMILES string of the molecule is Cc1nn(Cc2noc(C(=O)NCCNC(=O)COc3ccc(F)cc3)n2)c(C)c1Cl. The Labute approximate surface area is 181 Å².